The second-order valence-electron chi connectivity index (χ2n) is 7.48. The van der Waals surface area contributed by atoms with Crippen LogP contribution >= 0.6 is 0 Å². The summed E-state index contributed by atoms with van der Waals surface area (Å²) in [6.07, 6.45) is 4.23. The van der Waals surface area contributed by atoms with Crippen molar-refractivity contribution in [1.29, 1.82) is 0 Å². The summed E-state index contributed by atoms with van der Waals surface area (Å²) < 4.78 is 0. The summed E-state index contributed by atoms with van der Waals surface area (Å²) in [5.74, 6) is 0.901. The molecule has 2 fully saturated rings. The van der Waals surface area contributed by atoms with Gasteiger partial charge in [-0.15, -0.1) is 0 Å². The van der Waals surface area contributed by atoms with Crippen molar-refractivity contribution in [1.82, 2.24) is 15.1 Å². The minimum absolute atomic E-state index is 0.0779. The van der Waals surface area contributed by atoms with Gasteiger partial charge in [-0.2, -0.15) is 0 Å². The van der Waals surface area contributed by atoms with Gasteiger partial charge in [0.25, 0.3) is 0 Å². The van der Waals surface area contributed by atoms with E-state index in [1.54, 1.807) is 0 Å². The number of amides is 2. The van der Waals surface area contributed by atoms with E-state index in [4.69, 9.17) is 0 Å². The highest BCUT2D eigenvalue weighted by molar-refractivity contribution is 5.89. The number of hydrogen-bond donors (Lipinski definition) is 1. The number of carbonyl (C=O) groups is 2. The lowest BCUT2D eigenvalue weighted by Gasteiger charge is -2.35. The molecule has 1 aromatic carbocycles. The molecule has 3 rings (SSSR count). The normalized spacial score (nSPS) is 21.2. The van der Waals surface area contributed by atoms with Gasteiger partial charge in [0.1, 0.15) is 6.04 Å². The molecule has 5 nitrogen and oxygen atoms in total. The molecule has 0 aliphatic carbocycles. The molecule has 2 aliphatic rings. The van der Waals surface area contributed by atoms with E-state index in [0.29, 0.717) is 18.9 Å². The number of nitrogens with one attached hydrogen (secondary N) is 1. The van der Waals surface area contributed by atoms with Crippen molar-refractivity contribution in [2.75, 3.05) is 32.7 Å². The molecule has 142 valence electrons. The monoisotopic (exact) mass is 357 g/mol. The molecule has 1 atom stereocenters. The molecule has 26 heavy (non-hydrogen) atoms. The lowest BCUT2D eigenvalue weighted by molar-refractivity contribution is -0.144. The summed E-state index contributed by atoms with van der Waals surface area (Å²) in [4.78, 5) is 29.5. The summed E-state index contributed by atoms with van der Waals surface area (Å²) in [6.45, 7) is 6.53. The van der Waals surface area contributed by atoms with Crippen molar-refractivity contribution in [3.8, 4) is 0 Å². The maximum Gasteiger partial charge on any atom is 0.245 e. The van der Waals surface area contributed by atoms with Crippen LogP contribution in [-0.4, -0.2) is 60.4 Å². The van der Waals surface area contributed by atoms with E-state index in [1.807, 2.05) is 40.1 Å². The van der Waals surface area contributed by atoms with Crippen LogP contribution in [0.1, 0.15) is 38.2 Å². The van der Waals surface area contributed by atoms with Crippen LogP contribution in [0.2, 0.25) is 0 Å². The first-order chi connectivity index (χ1) is 12.7. The summed E-state index contributed by atoms with van der Waals surface area (Å²) >= 11 is 0. The first-order valence-corrected chi connectivity index (χ1v) is 10.0. The Labute approximate surface area is 156 Å². The van der Waals surface area contributed by atoms with Gasteiger partial charge in [0, 0.05) is 19.6 Å². The number of likely N-dealkylation sites (tertiary alicyclic amines) is 2. The van der Waals surface area contributed by atoms with Gasteiger partial charge in [0.15, 0.2) is 0 Å². The Hall–Kier alpha value is -1.88. The zero-order valence-corrected chi connectivity index (χ0v) is 15.8. The van der Waals surface area contributed by atoms with Gasteiger partial charge in [0.05, 0.1) is 6.42 Å². The number of piperidine rings is 1. The minimum Gasteiger partial charge on any atom is -0.341 e. The quantitative estimate of drug-likeness (QED) is 0.848. The lowest BCUT2D eigenvalue weighted by atomic mass is 9.96. The van der Waals surface area contributed by atoms with Crippen molar-refractivity contribution in [3.63, 3.8) is 0 Å². The first kappa shape index (κ1) is 18.9. The Morgan fingerprint density at radius 2 is 1.81 bits per heavy atom. The number of hydrogen-bond acceptors (Lipinski definition) is 3. The molecular weight excluding hydrogens is 326 g/mol. The van der Waals surface area contributed by atoms with Gasteiger partial charge in [0.2, 0.25) is 11.8 Å². The molecule has 2 aliphatic heterocycles. The highest BCUT2D eigenvalue weighted by atomic mass is 16.2. The van der Waals surface area contributed by atoms with Crippen molar-refractivity contribution < 1.29 is 9.59 Å². The zero-order valence-electron chi connectivity index (χ0n) is 15.8. The van der Waals surface area contributed by atoms with Crippen LogP contribution in [0, 0.1) is 5.92 Å². The van der Waals surface area contributed by atoms with Gasteiger partial charge in [-0.1, -0.05) is 37.3 Å². The van der Waals surface area contributed by atoms with Crippen molar-refractivity contribution in [2.45, 2.75) is 45.1 Å². The SMILES string of the molecule is CCNCC1CCN(C(=O)C2CCCN2C(=O)Cc2ccccc2)CC1. The van der Waals surface area contributed by atoms with Crippen LogP contribution < -0.4 is 5.32 Å². The first-order valence-electron chi connectivity index (χ1n) is 10.0. The summed E-state index contributed by atoms with van der Waals surface area (Å²) in [5.41, 5.74) is 1.01. The standard InChI is InChI=1S/C21H31N3O2/c1-2-22-16-18-10-13-23(14-11-18)21(26)19-9-6-12-24(19)20(25)15-17-7-4-3-5-8-17/h3-5,7-8,18-19,22H,2,6,9-16H2,1H3. The molecule has 2 saturated heterocycles. The number of carbonyl (C=O) groups excluding carboxylic acids is 2. The van der Waals surface area contributed by atoms with E-state index in [9.17, 15) is 9.59 Å². The molecule has 0 spiro atoms. The van der Waals surface area contributed by atoms with E-state index < -0.39 is 0 Å². The van der Waals surface area contributed by atoms with Crippen molar-refractivity contribution in [2.24, 2.45) is 5.92 Å². The fraction of sp³-hybridized carbons (Fsp3) is 0.619. The lowest BCUT2D eigenvalue weighted by Crippen LogP contribution is -2.50. The summed E-state index contributed by atoms with van der Waals surface area (Å²) in [7, 11) is 0. The maximum absolute atomic E-state index is 13.0. The van der Waals surface area contributed by atoms with E-state index >= 15 is 0 Å². The van der Waals surface area contributed by atoms with Gasteiger partial charge >= 0.3 is 0 Å². The van der Waals surface area contributed by atoms with Crippen LogP contribution in [0.5, 0.6) is 0 Å². The van der Waals surface area contributed by atoms with E-state index in [-0.39, 0.29) is 17.9 Å². The zero-order chi connectivity index (χ0) is 18.4. The van der Waals surface area contributed by atoms with Gasteiger partial charge in [-0.25, -0.2) is 0 Å². The van der Waals surface area contributed by atoms with Crippen LogP contribution in [0.15, 0.2) is 30.3 Å². The number of rotatable bonds is 6. The number of benzene rings is 1. The molecule has 1 aromatic rings. The largest absolute Gasteiger partial charge is 0.341 e. The Morgan fingerprint density at radius 3 is 2.50 bits per heavy atom. The Balaban J connectivity index is 1.54. The van der Waals surface area contributed by atoms with Crippen LogP contribution in [-0.2, 0) is 16.0 Å². The molecule has 1 N–H and O–H groups in total. The number of nitrogens with zero attached hydrogens (tertiary/aromatic N) is 2. The molecule has 2 amide bonds. The molecule has 0 bridgehead atoms. The molecule has 2 heterocycles. The van der Waals surface area contributed by atoms with Crippen LogP contribution in [0.3, 0.4) is 0 Å². The van der Waals surface area contributed by atoms with Gasteiger partial charge < -0.3 is 15.1 Å². The average molecular weight is 357 g/mol. The molecule has 0 saturated carbocycles. The third kappa shape index (κ3) is 4.64. The Kier molecular flexibility index (Phi) is 6.67. The molecular formula is C21H31N3O2. The minimum atomic E-state index is -0.253. The third-order valence-corrected chi connectivity index (χ3v) is 5.67. The fourth-order valence-corrected chi connectivity index (χ4v) is 4.11. The topological polar surface area (TPSA) is 52.7 Å². The summed E-state index contributed by atoms with van der Waals surface area (Å²) in [5, 5.41) is 3.41. The van der Waals surface area contributed by atoms with Crippen molar-refractivity contribution >= 4 is 11.8 Å². The maximum atomic E-state index is 13.0. The average Bonchev–Trinajstić information content (AvgIpc) is 3.17. The molecule has 0 aromatic heterocycles. The molecule has 1 unspecified atom stereocenters. The van der Waals surface area contributed by atoms with Crippen molar-refractivity contribution in [3.05, 3.63) is 35.9 Å². The predicted octanol–water partition coefficient (Wildman–Crippen LogP) is 2.07. The second kappa shape index (κ2) is 9.17. The van der Waals surface area contributed by atoms with Crippen LogP contribution in [0.4, 0.5) is 0 Å². The highest BCUT2D eigenvalue weighted by Gasteiger charge is 2.37. The molecule has 5 heteroatoms. The van der Waals surface area contributed by atoms with Gasteiger partial charge in [-0.05, 0) is 50.3 Å². The van der Waals surface area contributed by atoms with Gasteiger partial charge in [-0.3, -0.25) is 9.59 Å². The van der Waals surface area contributed by atoms with E-state index in [1.165, 1.54) is 0 Å². The molecule has 0 radical (unpaired) electrons. The Bertz CT molecular complexity index is 597. The van der Waals surface area contributed by atoms with Crippen LogP contribution in [0.25, 0.3) is 0 Å². The third-order valence-electron chi connectivity index (χ3n) is 5.67. The van der Waals surface area contributed by atoms with E-state index in [0.717, 1.165) is 57.4 Å². The fourth-order valence-electron chi connectivity index (χ4n) is 4.11. The summed E-state index contributed by atoms with van der Waals surface area (Å²) in [6, 6.07) is 9.55. The van der Waals surface area contributed by atoms with E-state index in [2.05, 4.69) is 12.2 Å². The second-order valence-corrected chi connectivity index (χ2v) is 7.48. The Morgan fingerprint density at radius 1 is 1.08 bits per heavy atom. The predicted molar refractivity (Wildman–Crippen MR) is 103 cm³/mol. The smallest absolute Gasteiger partial charge is 0.245 e. The highest BCUT2D eigenvalue weighted by Crippen LogP contribution is 2.24.